The fourth-order valence-corrected chi connectivity index (χ4v) is 5.52. The number of nitrogens with one attached hydrogen (secondary N) is 2. The molecule has 0 radical (unpaired) electrons. The third-order valence-corrected chi connectivity index (χ3v) is 7.33. The van der Waals surface area contributed by atoms with Crippen LogP contribution in [0, 0.1) is 13.8 Å². The molecule has 1 saturated carbocycles. The average Bonchev–Trinajstić information content (AvgIpc) is 3.54. The largest absolute Gasteiger partial charge is 0.419 e. The number of rotatable bonds is 5. The highest BCUT2D eigenvalue weighted by atomic mass is 19.4. The minimum Gasteiger partial charge on any atom is -0.390 e. The number of likely N-dealkylation sites (tertiary alicyclic amines) is 1. The number of aliphatic hydroxyl groups is 1. The van der Waals surface area contributed by atoms with Crippen molar-refractivity contribution in [3.05, 3.63) is 41.5 Å². The van der Waals surface area contributed by atoms with Crippen LogP contribution in [0.5, 0.6) is 0 Å². The average molecular weight is 514 g/mol. The lowest BCUT2D eigenvalue weighted by Crippen LogP contribution is -2.58. The van der Waals surface area contributed by atoms with E-state index in [1.807, 2.05) is 6.92 Å². The van der Waals surface area contributed by atoms with Crippen molar-refractivity contribution < 1.29 is 22.8 Å². The number of aromatic nitrogens is 5. The Morgan fingerprint density at radius 2 is 1.97 bits per heavy atom. The number of pyridine rings is 1. The molecule has 1 saturated heterocycles. The van der Waals surface area contributed by atoms with Gasteiger partial charge in [0.1, 0.15) is 17.0 Å². The van der Waals surface area contributed by atoms with E-state index in [0.29, 0.717) is 46.8 Å². The van der Waals surface area contributed by atoms with Crippen LogP contribution < -0.4 is 5.32 Å². The number of hydrogen-bond acceptors (Lipinski definition) is 8. The van der Waals surface area contributed by atoms with E-state index in [2.05, 4.69) is 35.3 Å². The number of H-pyrrole nitrogens is 1. The maximum atomic E-state index is 14.0. The fourth-order valence-electron chi connectivity index (χ4n) is 5.52. The van der Waals surface area contributed by atoms with Crippen LogP contribution in [0.4, 0.5) is 19.1 Å². The van der Waals surface area contributed by atoms with Crippen molar-refractivity contribution in [3.63, 3.8) is 0 Å². The maximum Gasteiger partial charge on any atom is 0.419 e. The molecule has 2 aliphatic rings. The van der Waals surface area contributed by atoms with Crippen LogP contribution in [-0.2, 0) is 6.18 Å². The van der Waals surface area contributed by atoms with E-state index in [9.17, 15) is 18.3 Å². The van der Waals surface area contributed by atoms with Gasteiger partial charge in [0.15, 0.2) is 0 Å². The van der Waals surface area contributed by atoms with E-state index < -0.39 is 11.7 Å². The van der Waals surface area contributed by atoms with Crippen LogP contribution in [0.2, 0.25) is 0 Å². The normalized spacial score (nSPS) is 21.0. The van der Waals surface area contributed by atoms with Crippen LogP contribution in [0.25, 0.3) is 33.5 Å². The molecule has 5 heterocycles. The fraction of sp³-hybridized carbons (Fsp3) is 0.440. The summed E-state index contributed by atoms with van der Waals surface area (Å²) in [6.45, 7) is 4.81. The molecule has 3 N–H and O–H groups in total. The Labute approximate surface area is 210 Å². The molecule has 0 spiro atoms. The summed E-state index contributed by atoms with van der Waals surface area (Å²) in [5.74, 6) is 0.760. The summed E-state index contributed by atoms with van der Waals surface area (Å²) in [7, 11) is 0. The van der Waals surface area contributed by atoms with Gasteiger partial charge in [0.25, 0.3) is 0 Å². The number of hydrogen-bond donors (Lipinski definition) is 3. The Bertz CT molecular complexity index is 1440. The van der Waals surface area contributed by atoms with Gasteiger partial charge >= 0.3 is 6.18 Å². The van der Waals surface area contributed by atoms with Crippen LogP contribution in [-0.4, -0.2) is 66.4 Å². The van der Waals surface area contributed by atoms with Gasteiger partial charge in [0.05, 0.1) is 28.7 Å². The Morgan fingerprint density at radius 1 is 1.16 bits per heavy atom. The molecule has 0 amide bonds. The molecule has 4 aromatic heterocycles. The standard InChI is InChI=1S/C25H26F3N7O2/c1-12-21(13(2)37-34-12)19-7-6-15-16(8-29-23(15)31-19)22-17(25(26,27)28)9-30-24(33-22)32-18-4-3-5-20(18)35-10-14(36)11-35/h6-9,14,18,20,36H,3-5,10-11H2,1-2H3,(H,29,31)(H,30,32,33)/t18-,20-/m0/s1. The molecule has 37 heavy (non-hydrogen) atoms. The molecule has 2 fully saturated rings. The SMILES string of the molecule is Cc1noc(C)c1-c1ccc2c(-c3nc(N[C@H]4CCC[C@@H]4N4CC(O)C4)ncc3C(F)(F)F)c[nH]c2n1. The first kappa shape index (κ1) is 23.9. The van der Waals surface area contributed by atoms with Gasteiger partial charge in [-0.25, -0.2) is 15.0 Å². The van der Waals surface area contributed by atoms with Crippen molar-refractivity contribution in [3.8, 4) is 22.5 Å². The molecule has 1 aliphatic carbocycles. The maximum absolute atomic E-state index is 14.0. The highest BCUT2D eigenvalue weighted by Gasteiger charge is 2.39. The summed E-state index contributed by atoms with van der Waals surface area (Å²) in [6, 6.07) is 3.66. The van der Waals surface area contributed by atoms with Crippen LogP contribution >= 0.6 is 0 Å². The van der Waals surface area contributed by atoms with Gasteiger partial charge in [-0.15, -0.1) is 0 Å². The Hall–Kier alpha value is -3.51. The molecule has 6 rings (SSSR count). The molecule has 0 aromatic carbocycles. The second kappa shape index (κ2) is 8.80. The number of halogens is 3. The van der Waals surface area contributed by atoms with E-state index in [-0.39, 0.29) is 29.8 Å². The number of β-amino-alcohol motifs (C(OH)–C–C–N with tert-alkyl or cyclic N) is 1. The van der Waals surface area contributed by atoms with Gasteiger partial charge < -0.3 is 19.9 Å². The molecular formula is C25H26F3N7O2. The summed E-state index contributed by atoms with van der Waals surface area (Å²) in [5, 5.41) is 17.4. The lowest BCUT2D eigenvalue weighted by Gasteiger charge is -2.42. The lowest BCUT2D eigenvalue weighted by molar-refractivity contribution is -0.137. The number of aromatic amines is 1. The van der Waals surface area contributed by atoms with E-state index in [1.54, 1.807) is 19.1 Å². The zero-order chi connectivity index (χ0) is 25.9. The smallest absolute Gasteiger partial charge is 0.390 e. The molecule has 2 atom stereocenters. The molecule has 0 unspecified atom stereocenters. The molecule has 9 nitrogen and oxygen atoms in total. The molecule has 194 valence electrons. The summed E-state index contributed by atoms with van der Waals surface area (Å²) < 4.78 is 47.2. The number of anilines is 1. The zero-order valence-electron chi connectivity index (χ0n) is 20.3. The first-order valence-electron chi connectivity index (χ1n) is 12.2. The van der Waals surface area contributed by atoms with Gasteiger partial charge in [0.2, 0.25) is 5.95 Å². The molecular weight excluding hydrogens is 487 g/mol. The van der Waals surface area contributed by atoms with E-state index in [1.165, 1.54) is 6.20 Å². The number of aryl methyl sites for hydroxylation is 2. The Morgan fingerprint density at radius 3 is 2.68 bits per heavy atom. The van der Waals surface area contributed by atoms with Gasteiger partial charge in [-0.3, -0.25) is 4.90 Å². The molecule has 12 heteroatoms. The van der Waals surface area contributed by atoms with Crippen molar-refractivity contribution in [1.82, 2.24) is 30.0 Å². The van der Waals surface area contributed by atoms with Crippen LogP contribution in [0.1, 0.15) is 36.3 Å². The van der Waals surface area contributed by atoms with E-state index in [0.717, 1.165) is 31.0 Å². The third kappa shape index (κ3) is 4.23. The van der Waals surface area contributed by atoms with Gasteiger partial charge in [-0.2, -0.15) is 13.2 Å². The van der Waals surface area contributed by atoms with E-state index >= 15 is 0 Å². The lowest BCUT2D eigenvalue weighted by atomic mass is 10.0. The summed E-state index contributed by atoms with van der Waals surface area (Å²) >= 11 is 0. The zero-order valence-corrected chi connectivity index (χ0v) is 20.3. The van der Waals surface area contributed by atoms with Crippen molar-refractivity contribution in [2.75, 3.05) is 18.4 Å². The predicted molar refractivity (Wildman–Crippen MR) is 130 cm³/mol. The first-order valence-corrected chi connectivity index (χ1v) is 12.2. The second-order valence-corrected chi connectivity index (χ2v) is 9.80. The quantitative estimate of drug-likeness (QED) is 0.361. The second-order valence-electron chi connectivity index (χ2n) is 9.80. The van der Waals surface area contributed by atoms with Crippen molar-refractivity contribution >= 4 is 17.0 Å². The highest BCUT2D eigenvalue weighted by molar-refractivity contribution is 5.94. The van der Waals surface area contributed by atoms with Gasteiger partial charge in [0, 0.05) is 48.5 Å². The highest BCUT2D eigenvalue weighted by Crippen LogP contribution is 2.39. The number of fused-ring (bicyclic) bond motifs is 1. The number of alkyl halides is 3. The minimum atomic E-state index is -4.63. The topological polar surface area (TPSA) is 116 Å². The van der Waals surface area contributed by atoms with Gasteiger partial charge in [-0.05, 0) is 45.2 Å². The molecule has 1 aliphatic heterocycles. The summed E-state index contributed by atoms with van der Waals surface area (Å²) in [4.78, 5) is 18.2. The Kier molecular flexibility index (Phi) is 5.68. The van der Waals surface area contributed by atoms with Gasteiger partial charge in [-0.1, -0.05) is 5.16 Å². The number of aliphatic hydroxyl groups excluding tert-OH is 1. The minimum absolute atomic E-state index is 0.000621. The van der Waals surface area contributed by atoms with Crippen molar-refractivity contribution in [2.45, 2.75) is 57.5 Å². The number of nitrogens with zero attached hydrogens (tertiary/aromatic N) is 5. The monoisotopic (exact) mass is 513 g/mol. The summed E-state index contributed by atoms with van der Waals surface area (Å²) in [6.07, 6.45) is 0.194. The van der Waals surface area contributed by atoms with Crippen molar-refractivity contribution in [1.29, 1.82) is 0 Å². The summed E-state index contributed by atoms with van der Waals surface area (Å²) in [5.41, 5.74) is 1.64. The third-order valence-electron chi connectivity index (χ3n) is 7.33. The van der Waals surface area contributed by atoms with Crippen LogP contribution in [0.15, 0.2) is 29.0 Å². The molecule has 4 aromatic rings. The Balaban J connectivity index is 1.36. The van der Waals surface area contributed by atoms with Crippen LogP contribution in [0.3, 0.4) is 0 Å². The van der Waals surface area contributed by atoms with Crippen molar-refractivity contribution in [2.24, 2.45) is 0 Å². The van der Waals surface area contributed by atoms with E-state index in [4.69, 9.17) is 4.52 Å². The first-order chi connectivity index (χ1) is 17.7. The predicted octanol–water partition coefficient (Wildman–Crippen LogP) is 4.32. The molecule has 0 bridgehead atoms.